The van der Waals surface area contributed by atoms with Crippen molar-refractivity contribution < 1.29 is 36.2 Å². The van der Waals surface area contributed by atoms with Crippen LogP contribution in [0.25, 0.3) is 0 Å². The number of carbonyl (C=O) groups is 1. The first-order valence-electron chi connectivity index (χ1n) is 7.31. The third-order valence-corrected chi connectivity index (χ3v) is 3.42. The Balaban J connectivity index is 2.34. The van der Waals surface area contributed by atoms with Crippen molar-refractivity contribution >= 4 is 12.1 Å². The first-order valence-corrected chi connectivity index (χ1v) is 7.31. The molecule has 0 aliphatic carbocycles. The number of aryl methyl sites for hydroxylation is 1. The lowest BCUT2D eigenvalue weighted by atomic mass is 10.0. The minimum absolute atomic E-state index is 0.191. The van der Waals surface area contributed by atoms with Gasteiger partial charge in [-0.25, -0.2) is 5.43 Å². The maximum Gasteiger partial charge on any atom is 0.419 e. The number of hydrogen-bond acceptors (Lipinski definition) is 3. The minimum Gasteiger partial charge on any atom is -0.507 e. The molecule has 2 aromatic carbocycles. The molecule has 0 aliphatic heterocycles. The molecule has 2 aromatic rings. The van der Waals surface area contributed by atoms with Crippen LogP contribution in [0.4, 0.5) is 26.3 Å². The number of phenols is 1. The third kappa shape index (κ3) is 4.99. The van der Waals surface area contributed by atoms with E-state index in [0.717, 1.165) is 5.56 Å². The topological polar surface area (TPSA) is 61.7 Å². The van der Waals surface area contributed by atoms with E-state index in [1.165, 1.54) is 12.1 Å². The lowest BCUT2D eigenvalue weighted by Gasteiger charge is -2.15. The van der Waals surface area contributed by atoms with Crippen molar-refractivity contribution in [2.24, 2.45) is 5.10 Å². The molecule has 27 heavy (non-hydrogen) atoms. The van der Waals surface area contributed by atoms with Crippen LogP contribution in [0.15, 0.2) is 41.5 Å². The highest BCUT2D eigenvalue weighted by Gasteiger charge is 2.39. The lowest BCUT2D eigenvalue weighted by molar-refractivity contribution is -0.143. The Morgan fingerprint density at radius 1 is 1.07 bits per heavy atom. The number of rotatable bonds is 3. The zero-order chi connectivity index (χ0) is 20.4. The van der Waals surface area contributed by atoms with Gasteiger partial charge in [0.25, 0.3) is 5.91 Å². The fourth-order valence-electron chi connectivity index (χ4n) is 2.15. The maximum absolute atomic E-state index is 12.9. The van der Waals surface area contributed by atoms with Gasteiger partial charge in [0, 0.05) is 11.1 Å². The molecule has 4 nitrogen and oxygen atoms in total. The fraction of sp³-hybridized carbons (Fsp3) is 0.176. The van der Waals surface area contributed by atoms with Gasteiger partial charge in [0.15, 0.2) is 0 Å². The summed E-state index contributed by atoms with van der Waals surface area (Å²) in [6.07, 6.45) is -9.77. The Morgan fingerprint density at radius 2 is 1.74 bits per heavy atom. The van der Waals surface area contributed by atoms with Crippen LogP contribution in [0.1, 0.15) is 32.6 Å². The summed E-state index contributed by atoms with van der Waals surface area (Å²) in [5.74, 6) is -2.15. The van der Waals surface area contributed by atoms with Gasteiger partial charge in [-0.3, -0.25) is 4.79 Å². The SMILES string of the molecule is Cc1cccc(C(=O)N/N=C/c2cc(C(F)(F)F)cc(C(F)(F)F)c2O)c1. The van der Waals surface area contributed by atoms with Crippen molar-refractivity contribution in [3.63, 3.8) is 0 Å². The van der Waals surface area contributed by atoms with E-state index in [1.807, 2.05) is 5.43 Å². The molecule has 0 saturated carbocycles. The van der Waals surface area contributed by atoms with Gasteiger partial charge in [-0.1, -0.05) is 17.7 Å². The molecule has 0 aromatic heterocycles. The van der Waals surface area contributed by atoms with Crippen LogP contribution in [0.2, 0.25) is 0 Å². The van der Waals surface area contributed by atoms with Crippen molar-refractivity contribution in [3.05, 3.63) is 64.2 Å². The Morgan fingerprint density at radius 3 is 2.30 bits per heavy atom. The lowest BCUT2D eigenvalue weighted by Crippen LogP contribution is -2.18. The average molecular weight is 390 g/mol. The van der Waals surface area contributed by atoms with Crippen LogP contribution in [0.3, 0.4) is 0 Å². The standard InChI is InChI=1S/C17H12F6N2O2/c1-9-3-2-4-10(5-9)15(27)25-24-8-11-6-12(16(18,19)20)7-13(14(11)26)17(21,22)23/h2-8,26H,1H3,(H,25,27)/b24-8+. The summed E-state index contributed by atoms with van der Waals surface area (Å²) in [5.41, 5.74) is -1.39. The number of amides is 1. The Labute approximate surface area is 149 Å². The normalized spacial score (nSPS) is 12.4. The molecule has 0 saturated heterocycles. The molecule has 0 radical (unpaired) electrons. The van der Waals surface area contributed by atoms with Crippen molar-refractivity contribution in [2.75, 3.05) is 0 Å². The van der Waals surface area contributed by atoms with Gasteiger partial charge in [0.2, 0.25) is 0 Å². The zero-order valence-corrected chi connectivity index (χ0v) is 13.6. The van der Waals surface area contributed by atoms with Crippen molar-refractivity contribution in [2.45, 2.75) is 19.3 Å². The quantitative estimate of drug-likeness (QED) is 0.461. The molecule has 1 amide bonds. The van der Waals surface area contributed by atoms with E-state index in [-0.39, 0.29) is 11.6 Å². The zero-order valence-electron chi connectivity index (χ0n) is 13.6. The summed E-state index contributed by atoms with van der Waals surface area (Å²) >= 11 is 0. The highest BCUT2D eigenvalue weighted by molar-refractivity contribution is 5.95. The predicted molar refractivity (Wildman–Crippen MR) is 84.4 cm³/mol. The van der Waals surface area contributed by atoms with E-state index in [0.29, 0.717) is 12.3 Å². The molecular weight excluding hydrogens is 378 g/mol. The van der Waals surface area contributed by atoms with E-state index < -0.39 is 40.7 Å². The summed E-state index contributed by atoms with van der Waals surface area (Å²) in [7, 11) is 0. The molecule has 0 bridgehead atoms. The molecule has 2 rings (SSSR count). The van der Waals surface area contributed by atoms with E-state index in [2.05, 4.69) is 5.10 Å². The number of hydrazone groups is 1. The van der Waals surface area contributed by atoms with E-state index >= 15 is 0 Å². The highest BCUT2D eigenvalue weighted by Crippen LogP contribution is 2.41. The van der Waals surface area contributed by atoms with Crippen LogP contribution in [-0.4, -0.2) is 17.2 Å². The molecule has 0 fully saturated rings. The van der Waals surface area contributed by atoms with Crippen LogP contribution in [-0.2, 0) is 12.4 Å². The summed E-state index contributed by atoms with van der Waals surface area (Å²) in [4.78, 5) is 11.9. The number of hydrogen-bond donors (Lipinski definition) is 2. The number of nitrogens with one attached hydrogen (secondary N) is 1. The van der Waals surface area contributed by atoms with Crippen LogP contribution in [0, 0.1) is 6.92 Å². The summed E-state index contributed by atoms with van der Waals surface area (Å²) < 4.78 is 77.0. The first kappa shape index (κ1) is 20.3. The fourth-order valence-corrected chi connectivity index (χ4v) is 2.15. The van der Waals surface area contributed by atoms with Gasteiger partial charge in [-0.2, -0.15) is 31.4 Å². The smallest absolute Gasteiger partial charge is 0.419 e. The Bertz CT molecular complexity index is 888. The van der Waals surface area contributed by atoms with Gasteiger partial charge in [0.05, 0.1) is 17.3 Å². The van der Waals surface area contributed by atoms with Crippen LogP contribution >= 0.6 is 0 Å². The second-order valence-electron chi connectivity index (χ2n) is 5.53. The number of benzene rings is 2. The number of aromatic hydroxyl groups is 1. The van der Waals surface area contributed by atoms with E-state index in [1.54, 1.807) is 19.1 Å². The molecule has 10 heteroatoms. The largest absolute Gasteiger partial charge is 0.507 e. The first-order chi connectivity index (χ1) is 12.4. The van der Waals surface area contributed by atoms with Crippen molar-refractivity contribution in [3.8, 4) is 5.75 Å². The molecule has 0 unspecified atom stereocenters. The van der Waals surface area contributed by atoms with Gasteiger partial charge in [-0.05, 0) is 31.2 Å². The second-order valence-corrected chi connectivity index (χ2v) is 5.53. The molecule has 0 spiro atoms. The van der Waals surface area contributed by atoms with Gasteiger partial charge >= 0.3 is 12.4 Å². The Kier molecular flexibility index (Phi) is 5.48. The van der Waals surface area contributed by atoms with Crippen LogP contribution in [0.5, 0.6) is 5.75 Å². The number of nitrogens with zero attached hydrogens (tertiary/aromatic N) is 1. The number of carbonyl (C=O) groups excluding carboxylic acids is 1. The van der Waals surface area contributed by atoms with Crippen molar-refractivity contribution in [1.82, 2.24) is 5.43 Å². The van der Waals surface area contributed by atoms with Gasteiger partial charge in [0.1, 0.15) is 5.75 Å². The monoisotopic (exact) mass is 390 g/mol. The third-order valence-electron chi connectivity index (χ3n) is 3.42. The van der Waals surface area contributed by atoms with Crippen LogP contribution < -0.4 is 5.43 Å². The minimum atomic E-state index is -5.21. The highest BCUT2D eigenvalue weighted by atomic mass is 19.4. The van der Waals surface area contributed by atoms with Crippen molar-refractivity contribution in [1.29, 1.82) is 0 Å². The average Bonchev–Trinajstić information content (AvgIpc) is 2.54. The predicted octanol–water partition coefficient (Wildman–Crippen LogP) is 4.50. The van der Waals surface area contributed by atoms with E-state index in [9.17, 15) is 36.2 Å². The molecular formula is C17H12F6N2O2. The number of alkyl halides is 6. The molecule has 144 valence electrons. The molecule has 2 N–H and O–H groups in total. The number of halogens is 6. The summed E-state index contributed by atoms with van der Waals surface area (Å²) in [6, 6.07) is 6.36. The molecule has 0 atom stereocenters. The number of phenolic OH excluding ortho intramolecular Hbond substituents is 1. The van der Waals surface area contributed by atoms with Gasteiger partial charge in [-0.15, -0.1) is 0 Å². The maximum atomic E-state index is 12.9. The molecule has 0 aliphatic rings. The Hall–Kier alpha value is -3.04. The molecule has 0 heterocycles. The van der Waals surface area contributed by atoms with Gasteiger partial charge < -0.3 is 5.11 Å². The van der Waals surface area contributed by atoms with E-state index in [4.69, 9.17) is 0 Å². The second kappa shape index (κ2) is 7.29. The summed E-state index contributed by atoms with van der Waals surface area (Å²) in [6.45, 7) is 1.72. The summed E-state index contributed by atoms with van der Waals surface area (Å²) in [5, 5.41) is 13.0.